The van der Waals surface area contributed by atoms with Gasteiger partial charge in [0, 0.05) is 97.7 Å². The second-order valence-electron chi connectivity index (χ2n) is 8.21. The molecular formula is C40H81NO8P+. The molecule has 0 saturated carbocycles. The van der Waals surface area contributed by atoms with Gasteiger partial charge in [-0.25, -0.2) is 4.57 Å². The number of carbonyl (C=O) groups excluding carboxylic acids is 2. The summed E-state index contributed by atoms with van der Waals surface area (Å²) in [6, 6.07) is 0. The van der Waals surface area contributed by atoms with E-state index in [4.69, 9.17) is 90.5 Å². The summed E-state index contributed by atoms with van der Waals surface area (Å²) in [5, 5.41) is 0. The molecule has 10 heteroatoms. The van der Waals surface area contributed by atoms with Crippen molar-refractivity contribution in [2.75, 3.05) is 47.4 Å². The van der Waals surface area contributed by atoms with Crippen LogP contribution in [0.3, 0.4) is 0 Å². The fourth-order valence-corrected chi connectivity index (χ4v) is 2.34. The van der Waals surface area contributed by atoms with Crippen LogP contribution in [0.2, 0.25) is 0 Å². The Balaban J connectivity index is 8.52. The predicted molar refractivity (Wildman–Crippen MR) is 206 cm³/mol. The highest BCUT2D eigenvalue weighted by Crippen LogP contribution is 2.43. The molecule has 0 aromatic heterocycles. The lowest BCUT2D eigenvalue weighted by atomic mass is 10.0. The number of phosphoric ester groups is 1. The molecule has 298 valence electrons. The summed E-state index contributed by atoms with van der Waals surface area (Å²) >= 11 is 0. The lowest BCUT2D eigenvalue weighted by Crippen LogP contribution is -2.37. The maximum absolute atomic E-state index is 14.0. The summed E-state index contributed by atoms with van der Waals surface area (Å²) in [7, 11) is -3.82. The molecule has 0 spiro atoms. The van der Waals surface area contributed by atoms with Crippen molar-refractivity contribution in [3.63, 3.8) is 0 Å². The lowest BCUT2D eigenvalue weighted by Gasteiger charge is -2.24. The highest BCUT2D eigenvalue weighted by Gasteiger charge is 2.27. The largest absolute Gasteiger partial charge is 0.472 e. The Morgan fingerprint density at radius 1 is 0.600 bits per heavy atom. The van der Waals surface area contributed by atoms with Gasteiger partial charge in [0.15, 0.2) is 6.10 Å². The van der Waals surface area contributed by atoms with E-state index in [1.54, 1.807) is 0 Å². The maximum Gasteiger partial charge on any atom is 0.472 e. The second kappa shape index (κ2) is 33.8. The molecule has 1 N–H and O–H groups in total. The molecule has 9 nitrogen and oxygen atoms in total. The zero-order valence-electron chi connectivity index (χ0n) is 92.2. The highest BCUT2D eigenvalue weighted by molar-refractivity contribution is 7.47. The molecule has 0 fully saturated rings. The van der Waals surface area contributed by atoms with Crippen molar-refractivity contribution >= 4 is 19.8 Å². The van der Waals surface area contributed by atoms with Gasteiger partial charge in [-0.15, -0.1) is 0 Å². The molecule has 0 bridgehead atoms. The number of quaternary nitrogens is 1. The molecule has 0 saturated heterocycles. The average Bonchev–Trinajstić information content (AvgIpc) is 0.679. The van der Waals surface area contributed by atoms with E-state index in [1.807, 2.05) is 0 Å². The van der Waals surface area contributed by atoms with Gasteiger partial charge in [-0.3, -0.25) is 18.6 Å². The van der Waals surface area contributed by atoms with Crippen LogP contribution in [0, 0.1) is 0 Å². The van der Waals surface area contributed by atoms with Crippen LogP contribution in [-0.4, -0.2) is 74.8 Å². The number of nitrogens with zero attached hydrogens (tertiary/aromatic N) is 1. The number of ether oxygens (including phenoxy) is 2. The zero-order valence-corrected chi connectivity index (χ0v) is 27.1. The Hall–Kier alpha value is -0.990. The third-order valence-electron chi connectivity index (χ3n) is 3.47. The molecule has 0 heterocycles. The molecule has 0 aromatic rings. The molecule has 1 unspecified atom stereocenters. The number of phosphoric acid groups is 1. The van der Waals surface area contributed by atoms with E-state index < -0.39 is 249 Å². The molecule has 0 aromatic carbocycles. The van der Waals surface area contributed by atoms with Crippen LogP contribution < -0.4 is 0 Å². The Bertz CT molecular complexity index is 3590. The molecule has 0 amide bonds. The van der Waals surface area contributed by atoms with Crippen molar-refractivity contribution in [2.45, 2.75) is 198 Å². The fraction of sp³-hybridized carbons (Fsp3) is 0.950. The number of carbonyl (C=O) groups is 2. The number of hydrogen-bond donors (Lipinski definition) is 1. The highest BCUT2D eigenvalue weighted by atomic mass is 31.2. The van der Waals surface area contributed by atoms with Gasteiger partial charge in [0.05, 0.1) is 33.2 Å². The summed E-state index contributed by atoms with van der Waals surface area (Å²) in [4.78, 5) is 38.5. The Morgan fingerprint density at radius 3 is 1.38 bits per heavy atom. The lowest BCUT2D eigenvalue weighted by molar-refractivity contribution is -0.870. The topological polar surface area (TPSA) is 108 Å². The van der Waals surface area contributed by atoms with Crippen LogP contribution in [-0.2, 0) is 32.7 Å². The van der Waals surface area contributed by atoms with Gasteiger partial charge in [0.2, 0.25) is 0 Å². The average molecular weight is 801 g/mol. The first kappa shape index (κ1) is 8.69. The van der Waals surface area contributed by atoms with Gasteiger partial charge < -0.3 is 18.9 Å². The van der Waals surface area contributed by atoms with Crippen molar-refractivity contribution in [1.29, 1.82) is 0 Å². The van der Waals surface area contributed by atoms with Gasteiger partial charge in [-0.05, 0) is 12.7 Å². The van der Waals surface area contributed by atoms with Crippen LogP contribution in [0.5, 0.6) is 0 Å². The fourth-order valence-electron chi connectivity index (χ4n) is 1.77. The Morgan fingerprint density at radius 2 is 0.980 bits per heavy atom. The quantitative estimate of drug-likeness (QED) is 0.0374. The smallest absolute Gasteiger partial charge is 0.462 e. The van der Waals surface area contributed by atoms with Gasteiger partial charge in [0.1, 0.15) is 19.7 Å². The first-order valence-electron chi connectivity index (χ1n) is 45.7. The van der Waals surface area contributed by atoms with Gasteiger partial charge in [0.25, 0.3) is 0 Å². The van der Waals surface area contributed by atoms with Crippen LogP contribution >= 0.6 is 7.82 Å². The molecule has 50 heavy (non-hydrogen) atoms. The predicted octanol–water partition coefficient (Wildman–Crippen LogP) is 11.2. The normalized spacial score (nSPS) is 42.3. The van der Waals surface area contributed by atoms with E-state index in [-0.39, 0.29) is 0 Å². The summed E-state index contributed by atoms with van der Waals surface area (Å²) in [5.41, 5.74) is 0. The number of likely N-dealkylation sites (N-methyl/N-ethyl adjacent to an activating group) is 1. The third-order valence-corrected chi connectivity index (χ3v) is 4.27. The standard InChI is InChI=1S/C40H80NO8P/c1-6-8-10-12-14-16-18-20-22-24-26-28-30-32-39(42)46-36-38(37-48-50(44,45)47-35-34-41(3,4)5)49-40(43)33-31-29-27-25-23-21-19-17-15-13-11-9-7-2/h38H,6-37H2,1-5H3/p+1/t38-/m1/s1/i1D3,2D3,6D2,7D2,8D2,9D2,10D2,11D2,12D2,13D2,14D2,15D2,16D2,17D2,18D2,19D2,20D2,21D2,22D2,23D2,24D2,25D2,26D2,27D2,28D2,29D2,30D2,31D2,32D2,33D2,34D2,35D2. The minimum Gasteiger partial charge on any atom is -0.462 e. The van der Waals surface area contributed by atoms with Crippen LogP contribution in [0.25, 0.3) is 0 Å². The van der Waals surface area contributed by atoms with Gasteiger partial charge in [-0.2, -0.15) is 0 Å². The van der Waals surface area contributed by atoms with Crippen molar-refractivity contribution in [1.82, 2.24) is 0 Å². The SMILES string of the molecule is [2H]C([2H])([2H])C([2H])([2H])C([2H])([2H])C([2H])([2H])C([2H])([2H])C([2H])([2H])C([2H])([2H])C([2H])([2H])C([2H])([2H])C([2H])([2H])C([2H])([2H])C([2H])([2H])C([2H])([2H])C([2H])([2H])C([2H])([2H])C(=O)OC[C@H](COP(=O)(O)OC([2H])([2H])C([2H])([2H])[N+](C)(C)C)OC(=O)C([2H])([2H])C([2H])([2H])C([2H])([2H])C([2H])([2H])C([2H])([2H])C([2H])([2H])C([2H])([2H])C([2H])([2H])C([2H])([2H])C([2H])([2H])C([2H])([2H])C([2H])([2H])C([2H])([2H])C([2H])([2H])C([2H])([2H])[2H]. The molecular weight excluding hydrogens is 653 g/mol. The number of esters is 2. The number of rotatable bonds is 38. The van der Waals surface area contributed by atoms with Crippen molar-refractivity contribution in [3.8, 4) is 0 Å². The summed E-state index contributed by atoms with van der Waals surface area (Å²) in [5.74, 6) is -6.42. The Labute approximate surface area is 401 Å². The van der Waals surface area contributed by atoms with Gasteiger partial charge >= 0.3 is 19.8 Å². The molecule has 0 radical (unpaired) electrons. The Kier molecular flexibility index (Phi) is 5.88. The summed E-state index contributed by atoms with van der Waals surface area (Å²) in [6.45, 7) is -21.0. The van der Waals surface area contributed by atoms with Crippen molar-refractivity contribution < 1.29 is 133 Å². The third kappa shape index (κ3) is 36.8. The summed E-state index contributed by atoms with van der Waals surface area (Å²) in [6.07, 6.45) is -153. The second-order valence-corrected chi connectivity index (χ2v) is 9.59. The van der Waals surface area contributed by atoms with E-state index in [0.29, 0.717) is 0 Å². The van der Waals surface area contributed by atoms with E-state index in [9.17, 15) is 19.0 Å². The minimum atomic E-state index is -6.52. The van der Waals surface area contributed by atoms with Gasteiger partial charge in [-0.1, -0.05) is 167 Å². The molecule has 0 aliphatic rings. The monoisotopic (exact) mass is 801 g/mol. The number of hydrogen-bond acceptors (Lipinski definition) is 7. The molecule has 0 rings (SSSR count). The van der Waals surface area contributed by atoms with E-state index >= 15 is 0 Å². The summed E-state index contributed by atoms with van der Waals surface area (Å²) < 4.78 is 572. The van der Waals surface area contributed by atoms with E-state index in [0.717, 1.165) is 21.1 Å². The first-order valence-corrected chi connectivity index (χ1v) is 14.2. The van der Waals surface area contributed by atoms with Crippen LogP contribution in [0.1, 0.15) is 283 Å². The van der Waals surface area contributed by atoms with E-state index in [1.165, 1.54) is 0 Å². The first-order chi connectivity index (χ1) is 48.8. The zero-order chi connectivity index (χ0) is 96.0. The molecule has 0 aliphatic carbocycles. The van der Waals surface area contributed by atoms with Crippen LogP contribution in [0.15, 0.2) is 0 Å². The van der Waals surface area contributed by atoms with Crippen molar-refractivity contribution in [2.24, 2.45) is 0 Å². The molecule has 0 aliphatic heterocycles. The van der Waals surface area contributed by atoms with Crippen molar-refractivity contribution in [3.05, 3.63) is 0 Å². The maximum atomic E-state index is 14.0. The van der Waals surface area contributed by atoms with E-state index in [2.05, 4.69) is 18.5 Å². The minimum absolute atomic E-state index is 0.900. The van der Waals surface area contributed by atoms with Crippen LogP contribution in [0.4, 0.5) is 0 Å². The molecule has 2 atom stereocenters.